The van der Waals surface area contributed by atoms with Gasteiger partial charge in [-0.1, -0.05) is 60.7 Å². The second kappa shape index (κ2) is 8.70. The Hall–Kier alpha value is -3.50. The predicted molar refractivity (Wildman–Crippen MR) is 111 cm³/mol. The molecule has 10 nitrogen and oxygen atoms in total. The molecule has 0 fully saturated rings. The van der Waals surface area contributed by atoms with E-state index in [0.29, 0.717) is 5.82 Å². The Bertz CT molecular complexity index is 1110. The van der Waals surface area contributed by atoms with Crippen LogP contribution in [0.15, 0.2) is 60.7 Å². The summed E-state index contributed by atoms with van der Waals surface area (Å²) in [5.74, 6) is -1.20. The Morgan fingerprint density at radius 3 is 1.94 bits per heavy atom. The zero-order chi connectivity index (χ0) is 21.8. The van der Waals surface area contributed by atoms with Crippen LogP contribution in [0.25, 0.3) is 0 Å². The van der Waals surface area contributed by atoms with Crippen LogP contribution in [0.3, 0.4) is 0 Å². The van der Waals surface area contributed by atoms with Crippen LogP contribution in [0.5, 0.6) is 0 Å². The van der Waals surface area contributed by atoms with E-state index in [4.69, 9.17) is 4.74 Å². The summed E-state index contributed by atoms with van der Waals surface area (Å²) in [6, 6.07) is 19.3. The quantitative estimate of drug-likeness (QED) is 0.430. The maximum atomic E-state index is 11.4. The van der Waals surface area contributed by atoms with Gasteiger partial charge in [-0.25, -0.2) is 9.36 Å². The number of tetrazole rings is 2. The van der Waals surface area contributed by atoms with E-state index in [1.807, 2.05) is 74.5 Å². The van der Waals surface area contributed by atoms with Crippen molar-refractivity contribution in [1.82, 2.24) is 40.4 Å². The summed E-state index contributed by atoms with van der Waals surface area (Å²) < 4.78 is 8.72. The fraction of sp³-hybridized carbons (Fsp3) is 0.333. The molecule has 0 aliphatic rings. The predicted octanol–water partition coefficient (Wildman–Crippen LogP) is 1.91. The summed E-state index contributed by atoms with van der Waals surface area (Å²) in [5, 5.41) is 35.4. The Morgan fingerprint density at radius 1 is 0.839 bits per heavy atom. The van der Waals surface area contributed by atoms with Crippen molar-refractivity contribution in [2.75, 3.05) is 7.11 Å². The van der Waals surface area contributed by atoms with E-state index in [0.717, 1.165) is 11.1 Å². The van der Waals surface area contributed by atoms with Crippen LogP contribution < -0.4 is 0 Å². The summed E-state index contributed by atoms with van der Waals surface area (Å²) in [6.07, 6.45) is -0.0322. The first-order valence-electron chi connectivity index (χ1n) is 9.96. The summed E-state index contributed by atoms with van der Waals surface area (Å²) in [7, 11) is 1.40. The summed E-state index contributed by atoms with van der Waals surface area (Å²) in [6.45, 7) is 3.94. The van der Waals surface area contributed by atoms with Crippen molar-refractivity contribution in [3.8, 4) is 0 Å². The lowest BCUT2D eigenvalue weighted by Gasteiger charge is -2.26. The molecule has 0 aliphatic heterocycles. The maximum absolute atomic E-state index is 11.4. The lowest BCUT2D eigenvalue weighted by Crippen LogP contribution is -2.36. The highest BCUT2D eigenvalue weighted by Gasteiger charge is 2.39. The van der Waals surface area contributed by atoms with E-state index in [2.05, 4.69) is 31.1 Å². The zero-order valence-electron chi connectivity index (χ0n) is 17.6. The van der Waals surface area contributed by atoms with E-state index in [9.17, 15) is 5.11 Å². The van der Waals surface area contributed by atoms with E-state index in [1.165, 1.54) is 7.11 Å². The van der Waals surface area contributed by atoms with Crippen molar-refractivity contribution in [1.29, 1.82) is 0 Å². The normalized spacial score (nSPS) is 15.4. The molecule has 4 rings (SSSR count). The molecule has 0 radical (unpaired) electrons. The van der Waals surface area contributed by atoms with Gasteiger partial charge < -0.3 is 9.84 Å². The lowest BCUT2D eigenvalue weighted by atomic mass is 10.1. The van der Waals surface area contributed by atoms with Gasteiger partial charge in [0.05, 0.1) is 18.5 Å². The summed E-state index contributed by atoms with van der Waals surface area (Å²) in [4.78, 5) is 0. The summed E-state index contributed by atoms with van der Waals surface area (Å²) in [5.41, 5.74) is 2.04. The molecule has 0 bridgehead atoms. The molecule has 4 aromatic rings. The average Bonchev–Trinajstić information content (AvgIpc) is 3.49. The number of nitrogens with zero attached hydrogens (tertiary/aromatic N) is 8. The number of hydrogen-bond donors (Lipinski definition) is 1. The Labute approximate surface area is 179 Å². The molecule has 0 saturated heterocycles. The molecule has 2 aromatic carbocycles. The van der Waals surface area contributed by atoms with Crippen LogP contribution in [0.2, 0.25) is 0 Å². The topological polar surface area (TPSA) is 117 Å². The SMILES string of the molecule is COC(O)(Cc1nnnn1C(C)c1ccccc1)c1nnnn1C(C)c1ccccc1. The van der Waals surface area contributed by atoms with Gasteiger partial charge in [-0.3, -0.25) is 0 Å². The van der Waals surface area contributed by atoms with Gasteiger partial charge in [0.1, 0.15) is 0 Å². The van der Waals surface area contributed by atoms with Gasteiger partial charge in [0.25, 0.3) is 0 Å². The minimum absolute atomic E-state index is 0.0322. The first kappa shape index (κ1) is 20.8. The fourth-order valence-corrected chi connectivity index (χ4v) is 3.54. The molecule has 0 amide bonds. The highest BCUT2D eigenvalue weighted by molar-refractivity contribution is 5.21. The molecule has 31 heavy (non-hydrogen) atoms. The van der Waals surface area contributed by atoms with Gasteiger partial charge in [-0.15, -0.1) is 10.2 Å². The molecule has 2 heterocycles. The van der Waals surface area contributed by atoms with Gasteiger partial charge in [-0.2, -0.15) is 0 Å². The first-order chi connectivity index (χ1) is 15.0. The van der Waals surface area contributed by atoms with Crippen molar-refractivity contribution in [2.24, 2.45) is 0 Å². The van der Waals surface area contributed by atoms with E-state index in [-0.39, 0.29) is 24.3 Å². The van der Waals surface area contributed by atoms with Crippen molar-refractivity contribution >= 4 is 0 Å². The third-order valence-corrected chi connectivity index (χ3v) is 5.44. The smallest absolute Gasteiger partial charge is 0.236 e. The van der Waals surface area contributed by atoms with Crippen LogP contribution >= 0.6 is 0 Å². The Kier molecular flexibility index (Phi) is 5.83. The molecule has 0 spiro atoms. The van der Waals surface area contributed by atoms with Gasteiger partial charge in [0.15, 0.2) is 5.82 Å². The molecule has 3 unspecified atom stereocenters. The highest BCUT2D eigenvalue weighted by atomic mass is 16.6. The van der Waals surface area contributed by atoms with Crippen molar-refractivity contribution in [2.45, 2.75) is 38.1 Å². The molecule has 160 valence electrons. The second-order valence-corrected chi connectivity index (χ2v) is 7.33. The molecular formula is C21H24N8O2. The third kappa shape index (κ3) is 4.07. The fourth-order valence-electron chi connectivity index (χ4n) is 3.54. The second-order valence-electron chi connectivity index (χ2n) is 7.33. The monoisotopic (exact) mass is 420 g/mol. The standard InChI is InChI=1S/C21H24N8O2/c1-15(17-10-6-4-7-11-17)28-19(22-24-26-28)14-21(30,31-3)20-23-25-27-29(20)16(2)18-12-8-5-9-13-18/h4-13,15-16,30H,14H2,1-3H3. The molecular weight excluding hydrogens is 396 g/mol. The Morgan fingerprint density at radius 2 is 1.35 bits per heavy atom. The maximum Gasteiger partial charge on any atom is 0.236 e. The van der Waals surface area contributed by atoms with Crippen LogP contribution in [0.1, 0.15) is 48.7 Å². The van der Waals surface area contributed by atoms with E-state index >= 15 is 0 Å². The van der Waals surface area contributed by atoms with Gasteiger partial charge >= 0.3 is 0 Å². The van der Waals surface area contributed by atoms with E-state index < -0.39 is 5.79 Å². The van der Waals surface area contributed by atoms with Crippen LogP contribution in [0.4, 0.5) is 0 Å². The van der Waals surface area contributed by atoms with Crippen LogP contribution in [-0.4, -0.2) is 52.6 Å². The Balaban J connectivity index is 1.65. The molecule has 1 N–H and O–H groups in total. The number of aliphatic hydroxyl groups is 1. The number of ether oxygens (including phenoxy) is 1. The van der Waals surface area contributed by atoms with Gasteiger partial charge in [0, 0.05) is 7.11 Å². The number of rotatable bonds is 8. The number of methoxy groups -OCH3 is 1. The average molecular weight is 420 g/mol. The molecule has 3 atom stereocenters. The number of aromatic nitrogens is 8. The van der Waals surface area contributed by atoms with Gasteiger partial charge in [0.2, 0.25) is 11.6 Å². The van der Waals surface area contributed by atoms with Crippen LogP contribution in [0, 0.1) is 0 Å². The van der Waals surface area contributed by atoms with Gasteiger partial charge in [-0.05, 0) is 45.8 Å². The first-order valence-corrected chi connectivity index (χ1v) is 9.96. The van der Waals surface area contributed by atoms with Crippen molar-refractivity contribution in [3.63, 3.8) is 0 Å². The largest absolute Gasteiger partial charge is 0.359 e. The molecule has 10 heteroatoms. The number of benzene rings is 2. The highest BCUT2D eigenvalue weighted by Crippen LogP contribution is 2.29. The van der Waals surface area contributed by atoms with Crippen molar-refractivity contribution < 1.29 is 9.84 Å². The summed E-state index contributed by atoms with van der Waals surface area (Å²) >= 11 is 0. The minimum atomic E-state index is -1.82. The molecule has 0 aliphatic carbocycles. The third-order valence-electron chi connectivity index (χ3n) is 5.44. The minimum Gasteiger partial charge on any atom is -0.359 e. The van der Waals surface area contributed by atoms with E-state index in [1.54, 1.807) is 9.36 Å². The molecule has 2 aromatic heterocycles. The molecule has 0 saturated carbocycles. The lowest BCUT2D eigenvalue weighted by molar-refractivity contribution is -0.202. The van der Waals surface area contributed by atoms with Crippen molar-refractivity contribution in [3.05, 3.63) is 83.4 Å². The zero-order valence-corrected chi connectivity index (χ0v) is 17.6. The van der Waals surface area contributed by atoms with Crippen LogP contribution in [-0.2, 0) is 16.9 Å². The number of hydrogen-bond acceptors (Lipinski definition) is 8.